The molecule has 0 heterocycles. The highest BCUT2D eigenvalue weighted by Crippen LogP contribution is 2.13. The summed E-state index contributed by atoms with van der Waals surface area (Å²) in [5.41, 5.74) is 0. The molecule has 0 atom stereocenters. The maximum Gasteiger partial charge on any atom is 0.348 e. The highest BCUT2D eigenvalue weighted by Gasteiger charge is 2.01. The summed E-state index contributed by atoms with van der Waals surface area (Å²) in [6.07, 6.45) is 19.5. The summed E-state index contributed by atoms with van der Waals surface area (Å²) in [7, 11) is 0. The third kappa shape index (κ3) is 17.3. The molecule has 21 heavy (non-hydrogen) atoms. The molecule has 0 rings (SSSR count). The minimum absolute atomic E-state index is 0.217. The van der Waals surface area contributed by atoms with Gasteiger partial charge in [0.1, 0.15) is 0 Å². The van der Waals surface area contributed by atoms with E-state index in [1.807, 2.05) is 0 Å². The fraction of sp³-hybridized carbons (Fsp3) is 0.944. The molecule has 2 nitrogen and oxygen atoms in total. The average Bonchev–Trinajstić information content (AvgIpc) is 2.50. The lowest BCUT2D eigenvalue weighted by Gasteiger charge is -2.03. The predicted octanol–water partition coefficient (Wildman–Crippen LogP) is 6.68. The van der Waals surface area contributed by atoms with Gasteiger partial charge in [-0.3, -0.25) is 4.94 Å². The molecule has 0 radical (unpaired) electrons. The van der Waals surface area contributed by atoms with E-state index >= 15 is 0 Å². The smallest absolute Gasteiger partial charge is 0.255 e. The van der Waals surface area contributed by atoms with Crippen LogP contribution in [0.3, 0.4) is 0 Å². The van der Waals surface area contributed by atoms with E-state index in [0.29, 0.717) is 0 Å². The summed E-state index contributed by atoms with van der Waals surface area (Å²) in [5.74, 6) is -0.732. The van der Waals surface area contributed by atoms with Gasteiger partial charge in [-0.15, -0.1) is 0 Å². The van der Waals surface area contributed by atoms with E-state index in [1.54, 1.807) is 0 Å². The Hall–Kier alpha value is -0.600. The molecular weight excluding hydrogens is 267 g/mol. The van der Waals surface area contributed by atoms with E-state index in [4.69, 9.17) is 0 Å². The molecule has 126 valence electrons. The van der Waals surface area contributed by atoms with E-state index < -0.39 is 5.97 Å². The number of carbonyl (C=O) groups excluding carboxylic acids is 1. The lowest BCUT2D eigenvalue weighted by molar-refractivity contribution is -0.183. The first-order valence-electron chi connectivity index (χ1n) is 9.12. The maximum absolute atomic E-state index is 11.4. The highest BCUT2D eigenvalue weighted by molar-refractivity contribution is 5.68. The summed E-state index contributed by atoms with van der Waals surface area (Å²) in [6.45, 7) is 2.26. The van der Waals surface area contributed by atoms with Crippen LogP contribution in [0.15, 0.2) is 0 Å². The van der Waals surface area contributed by atoms with Gasteiger partial charge in [-0.05, 0) is 6.42 Å². The zero-order valence-corrected chi connectivity index (χ0v) is 14.0. The lowest BCUT2D eigenvalue weighted by Crippen LogP contribution is -1.96. The second-order valence-corrected chi connectivity index (χ2v) is 6.15. The molecule has 0 aliphatic carbocycles. The molecule has 0 aromatic heterocycles. The largest absolute Gasteiger partial charge is 0.348 e. The van der Waals surface area contributed by atoms with Crippen LogP contribution >= 0.6 is 0 Å². The van der Waals surface area contributed by atoms with Crippen molar-refractivity contribution in [2.75, 3.05) is 0 Å². The Labute approximate surface area is 130 Å². The van der Waals surface area contributed by atoms with Crippen molar-refractivity contribution >= 4 is 5.97 Å². The SMILES string of the molecule is CCCCCCCCCCCCCCCCCC(=O)OF. The van der Waals surface area contributed by atoms with Crippen LogP contribution in [-0.2, 0) is 9.74 Å². The summed E-state index contributed by atoms with van der Waals surface area (Å²) in [5, 5.41) is 0. The number of carbonyl (C=O) groups is 1. The van der Waals surface area contributed by atoms with Gasteiger partial charge in [0.15, 0.2) is 0 Å². The molecule has 0 fully saturated rings. The fourth-order valence-electron chi connectivity index (χ4n) is 2.68. The molecule has 3 heteroatoms. The second-order valence-electron chi connectivity index (χ2n) is 6.15. The molecule has 0 amide bonds. The molecule has 0 aliphatic rings. The van der Waals surface area contributed by atoms with Gasteiger partial charge < -0.3 is 0 Å². The Morgan fingerprint density at radius 3 is 1.33 bits per heavy atom. The molecule has 0 aliphatic heterocycles. The van der Waals surface area contributed by atoms with Gasteiger partial charge in [-0.25, -0.2) is 4.79 Å². The fourth-order valence-corrected chi connectivity index (χ4v) is 2.68. The van der Waals surface area contributed by atoms with Gasteiger partial charge in [0, 0.05) is 10.9 Å². The molecule has 0 spiro atoms. The molecule has 0 saturated heterocycles. The number of halogens is 1. The lowest BCUT2D eigenvalue weighted by atomic mass is 10.0. The quantitative estimate of drug-likeness (QED) is 0.297. The van der Waals surface area contributed by atoms with Gasteiger partial charge in [0.05, 0.1) is 0 Å². The van der Waals surface area contributed by atoms with Crippen molar-refractivity contribution in [2.24, 2.45) is 0 Å². The normalized spacial score (nSPS) is 10.8. The van der Waals surface area contributed by atoms with Crippen molar-refractivity contribution in [1.29, 1.82) is 0 Å². The Bertz CT molecular complexity index is 219. The molecule has 0 saturated carbocycles. The van der Waals surface area contributed by atoms with Crippen LogP contribution in [-0.4, -0.2) is 5.97 Å². The van der Waals surface area contributed by atoms with E-state index in [9.17, 15) is 9.32 Å². The molecule has 0 unspecified atom stereocenters. The van der Waals surface area contributed by atoms with E-state index in [0.717, 1.165) is 19.3 Å². The molecule has 0 aromatic rings. The Balaban J connectivity index is 2.98. The van der Waals surface area contributed by atoms with Crippen molar-refractivity contribution in [2.45, 2.75) is 110 Å². The first-order chi connectivity index (χ1) is 10.3. The van der Waals surface area contributed by atoms with Crippen LogP contribution in [0.5, 0.6) is 0 Å². The summed E-state index contributed by atoms with van der Waals surface area (Å²) in [4.78, 5) is 13.7. The third-order valence-corrected chi connectivity index (χ3v) is 4.07. The average molecular weight is 302 g/mol. The van der Waals surface area contributed by atoms with Gasteiger partial charge in [0.2, 0.25) is 0 Å². The van der Waals surface area contributed by atoms with Crippen molar-refractivity contribution in [3.63, 3.8) is 0 Å². The van der Waals surface area contributed by atoms with Crippen LogP contribution < -0.4 is 0 Å². The summed E-state index contributed by atoms with van der Waals surface area (Å²) < 4.78 is 11.4. The van der Waals surface area contributed by atoms with E-state index in [-0.39, 0.29) is 6.42 Å². The Morgan fingerprint density at radius 1 is 0.667 bits per heavy atom. The van der Waals surface area contributed by atoms with Crippen molar-refractivity contribution in [3.05, 3.63) is 0 Å². The first-order valence-corrected chi connectivity index (χ1v) is 9.12. The summed E-state index contributed by atoms with van der Waals surface area (Å²) in [6, 6.07) is 0. The topological polar surface area (TPSA) is 26.3 Å². The zero-order valence-electron chi connectivity index (χ0n) is 14.0. The number of rotatable bonds is 16. The van der Waals surface area contributed by atoms with Gasteiger partial charge >= 0.3 is 5.97 Å². The minimum Gasteiger partial charge on any atom is -0.255 e. The second kappa shape index (κ2) is 17.5. The maximum atomic E-state index is 11.4. The van der Waals surface area contributed by atoms with Gasteiger partial charge in [-0.1, -0.05) is 96.8 Å². The van der Waals surface area contributed by atoms with Crippen LogP contribution in [0.4, 0.5) is 4.53 Å². The number of hydrogen-bond donors (Lipinski definition) is 0. The van der Waals surface area contributed by atoms with E-state index in [2.05, 4.69) is 11.9 Å². The van der Waals surface area contributed by atoms with Crippen LogP contribution in [0, 0.1) is 0 Å². The zero-order chi connectivity index (χ0) is 15.6. The van der Waals surface area contributed by atoms with E-state index in [1.165, 1.54) is 77.0 Å². The minimum atomic E-state index is -0.732. The van der Waals surface area contributed by atoms with Crippen LogP contribution in [0.1, 0.15) is 110 Å². The molecule has 0 N–H and O–H groups in total. The van der Waals surface area contributed by atoms with Crippen LogP contribution in [0.25, 0.3) is 0 Å². The van der Waals surface area contributed by atoms with Crippen molar-refractivity contribution < 1.29 is 14.3 Å². The molecule has 0 aromatic carbocycles. The Morgan fingerprint density at radius 2 is 1.00 bits per heavy atom. The van der Waals surface area contributed by atoms with Gasteiger partial charge in [-0.2, -0.15) is 0 Å². The summed E-state index contributed by atoms with van der Waals surface area (Å²) >= 11 is 0. The predicted molar refractivity (Wildman–Crippen MR) is 86.7 cm³/mol. The van der Waals surface area contributed by atoms with Gasteiger partial charge in [0.25, 0.3) is 0 Å². The molecule has 0 bridgehead atoms. The monoisotopic (exact) mass is 302 g/mol. The number of hydrogen-bond acceptors (Lipinski definition) is 2. The van der Waals surface area contributed by atoms with Crippen molar-refractivity contribution in [3.8, 4) is 0 Å². The Kier molecular flexibility index (Phi) is 17.0. The third-order valence-electron chi connectivity index (χ3n) is 4.07. The highest BCUT2D eigenvalue weighted by atomic mass is 19.3. The standard InChI is InChI=1S/C18H35FO2/c1-2-3-4-5-6-7-8-9-10-11-12-13-14-15-16-17-18(20)21-19/h2-17H2,1H3. The number of unbranched alkanes of at least 4 members (excludes halogenated alkanes) is 14. The molecular formula is C18H35FO2. The van der Waals surface area contributed by atoms with Crippen molar-refractivity contribution in [1.82, 2.24) is 0 Å². The first kappa shape index (κ1) is 20.4. The van der Waals surface area contributed by atoms with Crippen LogP contribution in [0.2, 0.25) is 0 Å².